The number of hydrogen-bond donors (Lipinski definition) is 3. The van der Waals surface area contributed by atoms with Gasteiger partial charge in [0.1, 0.15) is 6.23 Å². The van der Waals surface area contributed by atoms with Crippen LogP contribution in [0, 0.1) is 6.92 Å². The number of rotatable bonds is 5. The van der Waals surface area contributed by atoms with Crippen molar-refractivity contribution >= 4 is 11.1 Å². The summed E-state index contributed by atoms with van der Waals surface area (Å²) in [7, 11) is 0. The lowest BCUT2D eigenvalue weighted by Gasteiger charge is -2.12. The minimum atomic E-state index is -1.82. The summed E-state index contributed by atoms with van der Waals surface area (Å²) in [5.74, 6) is 0.114. The van der Waals surface area contributed by atoms with Crippen LogP contribution in [0.1, 0.15) is 17.4 Å². The topological polar surface area (TPSA) is 69.6 Å². The molecule has 3 N–H and O–H groups in total. The monoisotopic (exact) mass is 229 g/mol. The number of aliphatic hydroxyl groups excluding tert-OH is 1. The van der Waals surface area contributed by atoms with Gasteiger partial charge in [0.05, 0.1) is 5.75 Å². The summed E-state index contributed by atoms with van der Waals surface area (Å²) in [6.45, 7) is 2.27. The summed E-state index contributed by atoms with van der Waals surface area (Å²) >= 11 is -1.82. The van der Waals surface area contributed by atoms with Crippen molar-refractivity contribution in [3.05, 3.63) is 35.4 Å². The maximum absolute atomic E-state index is 10.4. The molecule has 1 aromatic rings. The molecule has 2 atom stereocenters. The largest absolute Gasteiger partial charge is 0.374 e. The maximum Gasteiger partial charge on any atom is 0.154 e. The smallest absolute Gasteiger partial charge is 0.154 e. The molecular weight excluding hydrogens is 214 g/mol. The van der Waals surface area contributed by atoms with Gasteiger partial charge in [-0.3, -0.25) is 5.32 Å². The highest BCUT2D eigenvalue weighted by Gasteiger charge is 2.05. The molecule has 4 nitrogen and oxygen atoms in total. The fraction of sp³-hybridized carbons (Fsp3) is 0.400. The first kappa shape index (κ1) is 12.3. The summed E-state index contributed by atoms with van der Waals surface area (Å²) in [4.78, 5) is 0. The van der Waals surface area contributed by atoms with Gasteiger partial charge < -0.3 is 9.66 Å². The van der Waals surface area contributed by atoms with Crippen molar-refractivity contribution in [3.63, 3.8) is 0 Å². The summed E-state index contributed by atoms with van der Waals surface area (Å²) in [5.41, 5.74) is 1.88. The van der Waals surface area contributed by atoms with E-state index >= 15 is 0 Å². The van der Waals surface area contributed by atoms with Gasteiger partial charge in [-0.15, -0.1) is 0 Å². The lowest BCUT2D eigenvalue weighted by Crippen LogP contribution is -2.25. The van der Waals surface area contributed by atoms with Gasteiger partial charge in [0, 0.05) is 6.54 Å². The van der Waals surface area contributed by atoms with E-state index in [4.69, 9.17) is 4.55 Å². The van der Waals surface area contributed by atoms with E-state index in [1.165, 1.54) is 0 Å². The fourth-order valence-corrected chi connectivity index (χ4v) is 1.44. The third-order valence-electron chi connectivity index (χ3n) is 2.01. The van der Waals surface area contributed by atoms with E-state index in [0.29, 0.717) is 6.54 Å². The molecule has 0 radical (unpaired) electrons. The molecule has 15 heavy (non-hydrogen) atoms. The van der Waals surface area contributed by atoms with Crippen LogP contribution in [0.5, 0.6) is 0 Å². The Hall–Kier alpha value is -0.750. The van der Waals surface area contributed by atoms with Crippen LogP contribution in [-0.4, -0.2) is 26.2 Å². The Labute approximate surface area is 91.6 Å². The second-order valence-electron chi connectivity index (χ2n) is 3.29. The molecule has 84 valence electrons. The van der Waals surface area contributed by atoms with Crippen molar-refractivity contribution in [2.24, 2.45) is 0 Å². The van der Waals surface area contributed by atoms with E-state index in [0.717, 1.165) is 11.1 Å². The van der Waals surface area contributed by atoms with Crippen LogP contribution in [0.3, 0.4) is 0 Å². The van der Waals surface area contributed by atoms with Crippen molar-refractivity contribution in [2.45, 2.75) is 13.2 Å². The van der Waals surface area contributed by atoms with Crippen LogP contribution < -0.4 is 5.32 Å². The number of aryl methyl sites for hydroxylation is 1. The lowest BCUT2D eigenvalue weighted by atomic mass is 10.1. The van der Waals surface area contributed by atoms with Gasteiger partial charge in [0.15, 0.2) is 11.1 Å². The SMILES string of the molecule is Cc1ccc(C(O)NCCS(=O)O)cc1. The molecule has 2 unspecified atom stereocenters. The highest BCUT2D eigenvalue weighted by Crippen LogP contribution is 2.10. The second kappa shape index (κ2) is 5.97. The molecule has 0 aliphatic carbocycles. The molecule has 0 spiro atoms. The molecule has 5 heteroatoms. The van der Waals surface area contributed by atoms with Gasteiger partial charge in [0.2, 0.25) is 0 Å². The quantitative estimate of drug-likeness (QED) is 0.516. The highest BCUT2D eigenvalue weighted by atomic mass is 32.2. The molecule has 0 saturated carbocycles. The van der Waals surface area contributed by atoms with E-state index in [2.05, 4.69) is 5.32 Å². The minimum Gasteiger partial charge on any atom is -0.374 e. The average Bonchev–Trinajstić information content (AvgIpc) is 2.18. The standard InChI is InChI=1S/C10H15NO3S/c1-8-2-4-9(5-3-8)10(12)11-6-7-15(13)14/h2-5,10-12H,6-7H2,1H3,(H,13,14). The van der Waals surface area contributed by atoms with Crippen LogP contribution in [0.2, 0.25) is 0 Å². The van der Waals surface area contributed by atoms with Gasteiger partial charge in [-0.25, -0.2) is 4.21 Å². The number of hydrogen-bond acceptors (Lipinski definition) is 3. The van der Waals surface area contributed by atoms with Gasteiger partial charge in [-0.05, 0) is 12.5 Å². The zero-order valence-electron chi connectivity index (χ0n) is 8.51. The van der Waals surface area contributed by atoms with Crippen molar-refractivity contribution in [1.82, 2.24) is 5.32 Å². The number of nitrogens with one attached hydrogen (secondary N) is 1. The Morgan fingerprint density at radius 3 is 2.53 bits per heavy atom. The van der Waals surface area contributed by atoms with E-state index in [9.17, 15) is 9.32 Å². The van der Waals surface area contributed by atoms with Crippen molar-refractivity contribution in [1.29, 1.82) is 0 Å². The van der Waals surface area contributed by atoms with Crippen LogP contribution in [0.4, 0.5) is 0 Å². The number of aliphatic hydroxyl groups is 1. The molecular formula is C10H15NO3S. The Morgan fingerprint density at radius 1 is 1.40 bits per heavy atom. The first-order valence-corrected chi connectivity index (χ1v) is 5.92. The molecule has 1 aromatic carbocycles. The van der Waals surface area contributed by atoms with Crippen LogP contribution in [-0.2, 0) is 11.1 Å². The highest BCUT2D eigenvalue weighted by molar-refractivity contribution is 7.79. The first-order valence-electron chi connectivity index (χ1n) is 4.65. The second-order valence-corrected chi connectivity index (χ2v) is 4.34. The summed E-state index contributed by atoms with van der Waals surface area (Å²) in [6, 6.07) is 7.46. The molecule has 0 bridgehead atoms. The molecule has 0 fully saturated rings. The van der Waals surface area contributed by atoms with E-state index in [-0.39, 0.29) is 5.75 Å². The number of benzene rings is 1. The van der Waals surface area contributed by atoms with Gasteiger partial charge in [-0.2, -0.15) is 0 Å². The van der Waals surface area contributed by atoms with E-state index in [1.54, 1.807) is 0 Å². The fourth-order valence-electron chi connectivity index (χ4n) is 1.15. The normalized spacial score (nSPS) is 14.9. The predicted octanol–water partition coefficient (Wildman–Crippen LogP) is 0.797. The van der Waals surface area contributed by atoms with Crippen LogP contribution in [0.25, 0.3) is 0 Å². The zero-order chi connectivity index (χ0) is 11.3. The first-order chi connectivity index (χ1) is 7.09. The van der Waals surface area contributed by atoms with Crippen molar-refractivity contribution in [3.8, 4) is 0 Å². The van der Waals surface area contributed by atoms with Crippen LogP contribution >= 0.6 is 0 Å². The average molecular weight is 229 g/mol. The van der Waals surface area contributed by atoms with E-state index in [1.807, 2.05) is 31.2 Å². The summed E-state index contributed by atoms with van der Waals surface area (Å²) in [6.07, 6.45) is -0.783. The van der Waals surface area contributed by atoms with Crippen molar-refractivity contribution in [2.75, 3.05) is 12.3 Å². The molecule has 0 heterocycles. The van der Waals surface area contributed by atoms with Crippen molar-refractivity contribution < 1.29 is 13.9 Å². The zero-order valence-corrected chi connectivity index (χ0v) is 9.33. The van der Waals surface area contributed by atoms with Crippen LogP contribution in [0.15, 0.2) is 24.3 Å². The Kier molecular flexibility index (Phi) is 4.90. The third kappa shape index (κ3) is 4.53. The summed E-state index contributed by atoms with van der Waals surface area (Å²) < 4.78 is 18.9. The molecule has 1 rings (SSSR count). The van der Waals surface area contributed by atoms with Gasteiger partial charge >= 0.3 is 0 Å². The summed E-state index contributed by atoms with van der Waals surface area (Å²) in [5, 5.41) is 12.4. The molecule has 0 aromatic heterocycles. The molecule has 0 amide bonds. The third-order valence-corrected chi connectivity index (χ3v) is 2.56. The van der Waals surface area contributed by atoms with Gasteiger partial charge in [-0.1, -0.05) is 29.8 Å². The van der Waals surface area contributed by atoms with Gasteiger partial charge in [0.25, 0.3) is 0 Å². The molecule has 0 saturated heterocycles. The molecule has 0 aliphatic heterocycles. The predicted molar refractivity (Wildman–Crippen MR) is 59.8 cm³/mol. The Balaban J connectivity index is 2.43. The maximum atomic E-state index is 10.4. The molecule has 0 aliphatic rings. The lowest BCUT2D eigenvalue weighted by molar-refractivity contribution is 0.142. The Bertz CT molecular complexity index is 326. The Morgan fingerprint density at radius 2 is 2.00 bits per heavy atom. The minimum absolute atomic E-state index is 0.114. The van der Waals surface area contributed by atoms with E-state index < -0.39 is 17.3 Å².